The third kappa shape index (κ3) is 3.97. The Balaban J connectivity index is 1.35. The van der Waals surface area contributed by atoms with Crippen LogP contribution in [0.1, 0.15) is 0 Å². The Morgan fingerprint density at radius 2 is 0.976 bits per heavy atom. The van der Waals surface area contributed by atoms with Crippen molar-refractivity contribution in [3.63, 3.8) is 0 Å². The molecule has 0 saturated heterocycles. The summed E-state index contributed by atoms with van der Waals surface area (Å²) in [5.41, 5.74) is 13.6. The molecule has 0 bridgehead atoms. The molecule has 8 rings (SSSR count). The Labute approximate surface area is 237 Å². The van der Waals surface area contributed by atoms with Crippen molar-refractivity contribution >= 4 is 27.5 Å². The second-order valence-electron chi connectivity index (χ2n) is 10.2. The maximum Gasteiger partial charge on any atom is 0.0871 e. The van der Waals surface area contributed by atoms with E-state index in [1.165, 1.54) is 16.5 Å². The molecule has 8 aromatic rings. The van der Waals surface area contributed by atoms with Gasteiger partial charge < -0.3 is 4.40 Å². The van der Waals surface area contributed by atoms with Gasteiger partial charge in [0.15, 0.2) is 0 Å². The fraction of sp³-hybridized carbons (Fsp3) is 0. The van der Waals surface area contributed by atoms with E-state index in [4.69, 9.17) is 4.98 Å². The second-order valence-corrected chi connectivity index (χ2v) is 10.2. The van der Waals surface area contributed by atoms with Crippen LogP contribution in [0.25, 0.3) is 72.0 Å². The van der Waals surface area contributed by atoms with Gasteiger partial charge in [-0.25, -0.2) is 0 Å². The van der Waals surface area contributed by atoms with Crippen LogP contribution >= 0.6 is 0 Å². The fourth-order valence-corrected chi connectivity index (χ4v) is 5.91. The average Bonchev–Trinajstić information content (AvgIpc) is 3.40. The number of para-hydroxylation sites is 3. The molecule has 0 unspecified atom stereocenters. The van der Waals surface area contributed by atoms with Gasteiger partial charge in [-0.05, 0) is 106 Å². The van der Waals surface area contributed by atoms with Crippen LogP contribution in [0.4, 0.5) is 0 Å². The van der Waals surface area contributed by atoms with Crippen molar-refractivity contribution in [2.75, 3.05) is 0 Å². The molecule has 4 nitrogen and oxygen atoms in total. The van der Waals surface area contributed by atoms with E-state index in [9.17, 15) is 0 Å². The predicted octanol–water partition coefficient (Wildman–Crippen LogP) is 9.10. The third-order valence-corrected chi connectivity index (χ3v) is 7.80. The van der Waals surface area contributed by atoms with Crippen molar-refractivity contribution in [1.82, 2.24) is 19.4 Å². The number of hydrogen-bond acceptors (Lipinski definition) is 3. The number of hydrogen-bond donors (Lipinski definition) is 0. The van der Waals surface area contributed by atoms with Crippen molar-refractivity contribution in [2.24, 2.45) is 0 Å². The molecule has 0 aliphatic rings. The topological polar surface area (TPSA) is 43.1 Å². The van der Waals surface area contributed by atoms with Crippen LogP contribution in [-0.2, 0) is 0 Å². The molecule has 4 aromatic heterocycles. The van der Waals surface area contributed by atoms with E-state index in [-0.39, 0.29) is 0 Å². The van der Waals surface area contributed by atoms with Gasteiger partial charge in [-0.1, -0.05) is 48.5 Å². The lowest BCUT2D eigenvalue weighted by Gasteiger charge is -2.12. The number of aromatic nitrogens is 4. The molecule has 192 valence electrons. The average molecular weight is 525 g/mol. The Bertz CT molecular complexity index is 2140. The van der Waals surface area contributed by atoms with Crippen LogP contribution < -0.4 is 0 Å². The lowest BCUT2D eigenvalue weighted by Crippen LogP contribution is -1.90. The number of pyridine rings is 2. The predicted molar refractivity (Wildman–Crippen MR) is 168 cm³/mol. The van der Waals surface area contributed by atoms with E-state index in [1.807, 2.05) is 37.1 Å². The molecule has 41 heavy (non-hydrogen) atoms. The van der Waals surface area contributed by atoms with Gasteiger partial charge in [-0.3, -0.25) is 15.0 Å². The zero-order chi connectivity index (χ0) is 27.2. The molecule has 0 fully saturated rings. The highest BCUT2D eigenvalue weighted by Gasteiger charge is 2.17. The van der Waals surface area contributed by atoms with Crippen molar-refractivity contribution in [3.8, 4) is 44.5 Å². The van der Waals surface area contributed by atoms with Crippen LogP contribution in [0.2, 0.25) is 0 Å². The van der Waals surface area contributed by atoms with Crippen LogP contribution in [-0.4, -0.2) is 19.4 Å². The summed E-state index contributed by atoms with van der Waals surface area (Å²) in [6.07, 6.45) is 9.38. The van der Waals surface area contributed by atoms with Crippen LogP contribution in [0.15, 0.2) is 146 Å². The van der Waals surface area contributed by atoms with Gasteiger partial charge in [0.2, 0.25) is 0 Å². The molecule has 4 heterocycles. The standard InChI is InChI=1S/C37H24N4/c1-3-10-34-32(8-1)37(36-24-40-33-9-2-4-11-35(33)41(34)36)28-7-5-6-27(20-28)31-22-29(25-12-16-38-17-13-25)21-30(23-31)26-14-18-39-19-15-26/h1-24H. The maximum atomic E-state index is 4.83. The summed E-state index contributed by atoms with van der Waals surface area (Å²) in [4.78, 5) is 13.3. The second kappa shape index (κ2) is 9.54. The molecule has 0 radical (unpaired) electrons. The van der Waals surface area contributed by atoms with E-state index in [1.54, 1.807) is 0 Å². The highest BCUT2D eigenvalue weighted by molar-refractivity contribution is 6.08. The SMILES string of the molecule is c1cc(-c2cc(-c3ccncc3)cc(-c3ccncc3)c2)cc(-c2c3ccccc3n3c2cnc2ccccc23)c1. The molecule has 0 aliphatic heterocycles. The van der Waals surface area contributed by atoms with E-state index < -0.39 is 0 Å². The van der Waals surface area contributed by atoms with Gasteiger partial charge in [-0.2, -0.15) is 0 Å². The monoisotopic (exact) mass is 524 g/mol. The van der Waals surface area contributed by atoms with Crippen molar-refractivity contribution in [3.05, 3.63) is 146 Å². The van der Waals surface area contributed by atoms with E-state index in [0.29, 0.717) is 0 Å². The van der Waals surface area contributed by atoms with Crippen molar-refractivity contribution < 1.29 is 0 Å². The lowest BCUT2D eigenvalue weighted by molar-refractivity contribution is 1.27. The van der Waals surface area contributed by atoms with Crippen LogP contribution in [0, 0.1) is 0 Å². The van der Waals surface area contributed by atoms with Gasteiger partial charge in [0, 0.05) is 35.7 Å². The van der Waals surface area contributed by atoms with Gasteiger partial charge in [0.1, 0.15) is 0 Å². The normalized spacial score (nSPS) is 11.4. The number of benzene rings is 4. The quantitative estimate of drug-likeness (QED) is 0.231. The third-order valence-electron chi connectivity index (χ3n) is 7.80. The minimum atomic E-state index is 0.984. The van der Waals surface area contributed by atoms with Gasteiger partial charge in [0.25, 0.3) is 0 Å². The summed E-state index contributed by atoms with van der Waals surface area (Å²) in [6.45, 7) is 0. The Hall–Kier alpha value is -5.61. The summed E-state index contributed by atoms with van der Waals surface area (Å²) >= 11 is 0. The highest BCUT2D eigenvalue weighted by Crippen LogP contribution is 2.39. The van der Waals surface area contributed by atoms with E-state index in [0.717, 1.165) is 55.5 Å². The summed E-state index contributed by atoms with van der Waals surface area (Å²) in [6, 6.07) is 40.8. The van der Waals surface area contributed by atoms with Crippen molar-refractivity contribution in [1.29, 1.82) is 0 Å². The summed E-state index contributed by atoms with van der Waals surface area (Å²) < 4.78 is 2.34. The Morgan fingerprint density at radius 1 is 0.415 bits per heavy atom. The van der Waals surface area contributed by atoms with E-state index >= 15 is 0 Å². The number of nitrogens with zero attached hydrogens (tertiary/aromatic N) is 4. The zero-order valence-corrected chi connectivity index (χ0v) is 22.1. The first-order valence-corrected chi connectivity index (χ1v) is 13.7. The molecule has 0 atom stereocenters. The molecule has 0 spiro atoms. The molecule has 4 aromatic carbocycles. The molecule has 0 saturated carbocycles. The summed E-state index contributed by atoms with van der Waals surface area (Å²) in [5, 5.41) is 1.21. The molecule has 0 amide bonds. The minimum Gasteiger partial charge on any atom is -0.306 e. The first-order valence-electron chi connectivity index (χ1n) is 13.7. The van der Waals surface area contributed by atoms with E-state index in [2.05, 4.69) is 124 Å². The smallest absolute Gasteiger partial charge is 0.0871 e. The number of fused-ring (bicyclic) bond motifs is 5. The summed E-state index contributed by atoms with van der Waals surface area (Å²) in [5.74, 6) is 0. The van der Waals surface area contributed by atoms with Crippen LogP contribution in [0.5, 0.6) is 0 Å². The van der Waals surface area contributed by atoms with Gasteiger partial charge >= 0.3 is 0 Å². The zero-order valence-electron chi connectivity index (χ0n) is 22.1. The Morgan fingerprint density at radius 3 is 1.68 bits per heavy atom. The van der Waals surface area contributed by atoms with Gasteiger partial charge in [0.05, 0.1) is 28.3 Å². The first kappa shape index (κ1) is 23.3. The highest BCUT2D eigenvalue weighted by atomic mass is 14.9. The van der Waals surface area contributed by atoms with Gasteiger partial charge in [-0.15, -0.1) is 0 Å². The first-order chi connectivity index (χ1) is 20.3. The number of rotatable bonds is 4. The Kier molecular flexibility index (Phi) is 5.42. The molecular weight excluding hydrogens is 500 g/mol. The van der Waals surface area contributed by atoms with Crippen LogP contribution in [0.3, 0.4) is 0 Å². The maximum absolute atomic E-state index is 4.83. The molecule has 0 N–H and O–H groups in total. The van der Waals surface area contributed by atoms with Crippen molar-refractivity contribution in [2.45, 2.75) is 0 Å². The molecule has 4 heteroatoms. The fourth-order valence-electron chi connectivity index (χ4n) is 5.91. The lowest BCUT2D eigenvalue weighted by atomic mass is 9.92. The molecular formula is C37H24N4. The largest absolute Gasteiger partial charge is 0.306 e. The minimum absolute atomic E-state index is 0.984. The summed E-state index contributed by atoms with van der Waals surface area (Å²) in [7, 11) is 0. The molecule has 0 aliphatic carbocycles.